The lowest BCUT2D eigenvalue weighted by atomic mass is 10.1. The molecular weight excluding hydrogens is 352 g/mol. The summed E-state index contributed by atoms with van der Waals surface area (Å²) in [5.41, 5.74) is 4.44. The average molecular weight is 380 g/mol. The van der Waals surface area contributed by atoms with Crippen LogP contribution >= 0.6 is 0 Å². The molecule has 7 heteroatoms. The Morgan fingerprint density at radius 1 is 1.18 bits per heavy atom. The van der Waals surface area contributed by atoms with Crippen molar-refractivity contribution in [1.82, 2.24) is 24.6 Å². The summed E-state index contributed by atoms with van der Waals surface area (Å²) < 4.78 is 1.89. The molecule has 2 aromatic rings. The third-order valence-electron chi connectivity index (χ3n) is 5.44. The molecule has 0 aromatic carbocycles. The molecule has 0 radical (unpaired) electrons. The molecule has 1 amide bonds. The Kier molecular flexibility index (Phi) is 6.77. The Labute approximate surface area is 166 Å². The van der Waals surface area contributed by atoms with Crippen LogP contribution in [-0.4, -0.2) is 56.7 Å². The van der Waals surface area contributed by atoms with E-state index in [0.29, 0.717) is 25.8 Å². The molecule has 1 saturated heterocycles. The van der Waals surface area contributed by atoms with E-state index in [9.17, 15) is 4.79 Å². The van der Waals surface area contributed by atoms with Gasteiger partial charge in [-0.2, -0.15) is 10.4 Å². The smallest absolute Gasteiger partial charge is 0.222 e. The number of aromatic nitrogens is 3. The molecule has 0 aliphatic carbocycles. The number of amides is 1. The third-order valence-corrected chi connectivity index (χ3v) is 5.44. The molecule has 0 saturated carbocycles. The van der Waals surface area contributed by atoms with Gasteiger partial charge in [-0.15, -0.1) is 0 Å². The Morgan fingerprint density at radius 3 is 2.57 bits per heavy atom. The topological polar surface area (TPSA) is 78.0 Å². The van der Waals surface area contributed by atoms with E-state index in [1.54, 1.807) is 0 Å². The fraction of sp³-hybridized carbons (Fsp3) is 0.524. The molecule has 0 spiro atoms. The SMILES string of the molecule is Cc1nn(CCC#N)c(C)c1CCC(=O)N1CCN(Cc2ccncc2)CC1. The summed E-state index contributed by atoms with van der Waals surface area (Å²) in [6.07, 6.45) is 5.31. The van der Waals surface area contributed by atoms with Crippen LogP contribution in [0.2, 0.25) is 0 Å². The molecule has 0 atom stereocenters. The van der Waals surface area contributed by atoms with Gasteiger partial charge in [0.05, 0.1) is 24.7 Å². The lowest BCUT2D eigenvalue weighted by molar-refractivity contribution is -0.133. The van der Waals surface area contributed by atoms with Gasteiger partial charge in [-0.1, -0.05) is 0 Å². The van der Waals surface area contributed by atoms with Crippen LogP contribution in [0.25, 0.3) is 0 Å². The van der Waals surface area contributed by atoms with E-state index in [-0.39, 0.29) is 5.91 Å². The number of rotatable bonds is 7. The van der Waals surface area contributed by atoms with Crippen molar-refractivity contribution in [3.8, 4) is 6.07 Å². The van der Waals surface area contributed by atoms with Crippen LogP contribution in [0, 0.1) is 25.2 Å². The standard InChI is InChI=1S/C21H28N6O/c1-17-20(18(2)27(24-17)11-3-8-22)4-5-21(28)26-14-12-25(13-15-26)16-19-6-9-23-10-7-19/h6-7,9-10H,3-5,11-16H2,1-2H3. The molecule has 1 aliphatic rings. The molecule has 1 aliphatic heterocycles. The normalized spacial score (nSPS) is 14.8. The Hall–Kier alpha value is -2.72. The summed E-state index contributed by atoms with van der Waals surface area (Å²) in [6, 6.07) is 6.24. The van der Waals surface area contributed by atoms with Gasteiger partial charge < -0.3 is 4.90 Å². The van der Waals surface area contributed by atoms with Crippen molar-refractivity contribution in [2.24, 2.45) is 0 Å². The van der Waals surface area contributed by atoms with Gasteiger partial charge in [-0.25, -0.2) is 0 Å². The third kappa shape index (κ3) is 4.96. The molecular formula is C21H28N6O. The van der Waals surface area contributed by atoms with Crippen molar-refractivity contribution in [2.75, 3.05) is 26.2 Å². The largest absolute Gasteiger partial charge is 0.340 e. The second-order valence-electron chi connectivity index (χ2n) is 7.29. The summed E-state index contributed by atoms with van der Waals surface area (Å²) in [4.78, 5) is 21.1. The van der Waals surface area contributed by atoms with Crippen molar-refractivity contribution in [1.29, 1.82) is 5.26 Å². The number of nitrogens with zero attached hydrogens (tertiary/aromatic N) is 6. The Balaban J connectivity index is 1.47. The summed E-state index contributed by atoms with van der Waals surface area (Å²) in [5, 5.41) is 13.3. The van der Waals surface area contributed by atoms with Gasteiger partial charge in [0.1, 0.15) is 0 Å². The zero-order valence-electron chi connectivity index (χ0n) is 16.8. The number of hydrogen-bond acceptors (Lipinski definition) is 5. The lowest BCUT2D eigenvalue weighted by Crippen LogP contribution is -2.48. The van der Waals surface area contributed by atoms with Crippen molar-refractivity contribution < 1.29 is 4.79 Å². The number of aryl methyl sites for hydroxylation is 2. The predicted octanol–water partition coefficient (Wildman–Crippen LogP) is 2.09. The Morgan fingerprint density at radius 2 is 1.89 bits per heavy atom. The summed E-state index contributed by atoms with van der Waals surface area (Å²) in [7, 11) is 0. The number of carbonyl (C=O) groups excluding carboxylic acids is 1. The maximum absolute atomic E-state index is 12.7. The molecule has 148 valence electrons. The minimum absolute atomic E-state index is 0.215. The first-order valence-electron chi connectivity index (χ1n) is 9.87. The van der Waals surface area contributed by atoms with Gasteiger partial charge in [0, 0.05) is 57.2 Å². The van der Waals surface area contributed by atoms with E-state index < -0.39 is 0 Å². The predicted molar refractivity (Wildman–Crippen MR) is 106 cm³/mol. The molecule has 1 fully saturated rings. The van der Waals surface area contributed by atoms with Crippen LogP contribution in [0.5, 0.6) is 0 Å². The van der Waals surface area contributed by atoms with E-state index in [0.717, 1.165) is 49.7 Å². The molecule has 28 heavy (non-hydrogen) atoms. The minimum Gasteiger partial charge on any atom is -0.340 e. The maximum atomic E-state index is 12.7. The van der Waals surface area contributed by atoms with Crippen LogP contribution in [0.1, 0.15) is 35.4 Å². The number of pyridine rings is 1. The first kappa shape index (κ1) is 20.0. The van der Waals surface area contributed by atoms with Crippen LogP contribution in [0.4, 0.5) is 0 Å². The van der Waals surface area contributed by atoms with Gasteiger partial charge >= 0.3 is 0 Å². The van der Waals surface area contributed by atoms with E-state index >= 15 is 0 Å². The van der Waals surface area contributed by atoms with E-state index in [4.69, 9.17) is 5.26 Å². The van der Waals surface area contributed by atoms with Gasteiger partial charge in [0.25, 0.3) is 0 Å². The number of carbonyl (C=O) groups is 1. The fourth-order valence-corrected chi connectivity index (χ4v) is 3.76. The molecule has 3 rings (SSSR count). The monoisotopic (exact) mass is 380 g/mol. The van der Waals surface area contributed by atoms with Crippen LogP contribution in [-0.2, 0) is 24.3 Å². The van der Waals surface area contributed by atoms with Gasteiger partial charge in [-0.3, -0.25) is 19.4 Å². The molecule has 0 N–H and O–H groups in total. The van der Waals surface area contributed by atoms with E-state index in [1.807, 2.05) is 48.0 Å². The van der Waals surface area contributed by atoms with Gasteiger partial charge in [0.2, 0.25) is 5.91 Å². The molecule has 0 bridgehead atoms. The maximum Gasteiger partial charge on any atom is 0.222 e. The van der Waals surface area contributed by atoms with Crippen molar-refractivity contribution in [3.05, 3.63) is 47.0 Å². The van der Waals surface area contributed by atoms with Gasteiger partial charge in [-0.05, 0) is 43.5 Å². The number of nitriles is 1. The molecule has 7 nitrogen and oxygen atoms in total. The molecule has 0 unspecified atom stereocenters. The average Bonchev–Trinajstić information content (AvgIpc) is 2.98. The molecule has 2 aromatic heterocycles. The number of hydrogen-bond donors (Lipinski definition) is 0. The minimum atomic E-state index is 0.215. The highest BCUT2D eigenvalue weighted by atomic mass is 16.2. The summed E-state index contributed by atoms with van der Waals surface area (Å²) in [6.45, 7) is 8.88. The number of piperazine rings is 1. The highest BCUT2D eigenvalue weighted by molar-refractivity contribution is 5.76. The summed E-state index contributed by atoms with van der Waals surface area (Å²) >= 11 is 0. The second-order valence-corrected chi connectivity index (χ2v) is 7.29. The van der Waals surface area contributed by atoms with Crippen molar-refractivity contribution >= 4 is 5.91 Å². The highest BCUT2D eigenvalue weighted by Gasteiger charge is 2.22. The second kappa shape index (κ2) is 9.47. The van der Waals surface area contributed by atoms with Crippen molar-refractivity contribution in [2.45, 2.75) is 46.2 Å². The lowest BCUT2D eigenvalue weighted by Gasteiger charge is -2.34. The van der Waals surface area contributed by atoms with Crippen LogP contribution in [0.3, 0.4) is 0 Å². The molecule has 3 heterocycles. The van der Waals surface area contributed by atoms with E-state index in [1.165, 1.54) is 5.56 Å². The van der Waals surface area contributed by atoms with Crippen LogP contribution in [0.15, 0.2) is 24.5 Å². The highest BCUT2D eigenvalue weighted by Crippen LogP contribution is 2.17. The van der Waals surface area contributed by atoms with Gasteiger partial charge in [0.15, 0.2) is 0 Å². The quantitative estimate of drug-likeness (QED) is 0.735. The van der Waals surface area contributed by atoms with Crippen LogP contribution < -0.4 is 0 Å². The zero-order valence-corrected chi connectivity index (χ0v) is 16.8. The zero-order chi connectivity index (χ0) is 19.9. The van der Waals surface area contributed by atoms with Crippen molar-refractivity contribution in [3.63, 3.8) is 0 Å². The Bertz CT molecular complexity index is 831. The fourth-order valence-electron chi connectivity index (χ4n) is 3.76. The first-order chi connectivity index (χ1) is 13.6. The first-order valence-corrected chi connectivity index (χ1v) is 9.87. The summed E-state index contributed by atoms with van der Waals surface area (Å²) in [5.74, 6) is 0.215. The van der Waals surface area contributed by atoms with E-state index in [2.05, 4.69) is 21.1 Å².